The van der Waals surface area contributed by atoms with Crippen molar-refractivity contribution in [3.05, 3.63) is 21.5 Å². The molecule has 0 spiro atoms. The van der Waals surface area contributed by atoms with Crippen molar-refractivity contribution in [2.75, 3.05) is 18.1 Å². The molecule has 1 aromatic rings. The van der Waals surface area contributed by atoms with Gasteiger partial charge in [-0.15, -0.1) is 0 Å². The Morgan fingerprint density at radius 3 is 2.72 bits per heavy atom. The number of hydrogen-bond donors (Lipinski definition) is 2. The molecule has 18 heavy (non-hydrogen) atoms. The van der Waals surface area contributed by atoms with Crippen LogP contribution in [0.25, 0.3) is 0 Å². The summed E-state index contributed by atoms with van der Waals surface area (Å²) in [4.78, 5) is 24.1. The highest BCUT2D eigenvalue weighted by Crippen LogP contribution is 2.26. The quantitative estimate of drug-likeness (QED) is 0.470. The summed E-state index contributed by atoms with van der Waals surface area (Å²) in [5, 5.41) is 2.81. The standard InChI is InChI=1S/C11H11FIN3O2/c1-16-10(17)4-9(11(16)18)15-8-2-5(12)6(13)3-7(8)14/h2-3,9,15H,4,14H2,1H3. The molecule has 1 aromatic carbocycles. The van der Waals surface area contributed by atoms with Gasteiger partial charge in [0.1, 0.15) is 11.9 Å². The highest BCUT2D eigenvalue weighted by Gasteiger charge is 2.36. The maximum Gasteiger partial charge on any atom is 0.251 e. The molecule has 1 aliphatic heterocycles. The van der Waals surface area contributed by atoms with Crippen LogP contribution in [0, 0.1) is 9.39 Å². The highest BCUT2D eigenvalue weighted by atomic mass is 127. The summed E-state index contributed by atoms with van der Waals surface area (Å²) in [6.07, 6.45) is 0.0579. The van der Waals surface area contributed by atoms with Crippen LogP contribution < -0.4 is 11.1 Å². The summed E-state index contributed by atoms with van der Waals surface area (Å²) >= 11 is 1.83. The predicted octanol–water partition coefficient (Wildman–Crippen LogP) is 1.18. The number of imide groups is 1. The van der Waals surface area contributed by atoms with Gasteiger partial charge in [0.15, 0.2) is 0 Å². The second kappa shape index (κ2) is 4.71. The summed E-state index contributed by atoms with van der Waals surface area (Å²) in [6, 6.07) is 2.03. The summed E-state index contributed by atoms with van der Waals surface area (Å²) in [6.45, 7) is 0. The fraction of sp³-hybridized carbons (Fsp3) is 0.273. The van der Waals surface area contributed by atoms with E-state index >= 15 is 0 Å². The summed E-state index contributed by atoms with van der Waals surface area (Å²) < 4.78 is 13.8. The molecule has 1 atom stereocenters. The Bertz CT molecular complexity index is 535. The predicted molar refractivity (Wildman–Crippen MR) is 73.3 cm³/mol. The normalized spacial score (nSPS) is 19.5. The van der Waals surface area contributed by atoms with Gasteiger partial charge in [0.05, 0.1) is 21.4 Å². The first-order valence-corrected chi connectivity index (χ1v) is 6.29. The maximum absolute atomic E-state index is 13.4. The summed E-state index contributed by atoms with van der Waals surface area (Å²) in [7, 11) is 1.42. The Morgan fingerprint density at radius 2 is 2.17 bits per heavy atom. The van der Waals surface area contributed by atoms with Crippen molar-refractivity contribution < 1.29 is 14.0 Å². The molecule has 0 bridgehead atoms. The number of carbonyl (C=O) groups is 2. The molecule has 96 valence electrons. The molecular weight excluding hydrogens is 352 g/mol. The van der Waals surface area contributed by atoms with Crippen LogP contribution in [0.3, 0.4) is 0 Å². The van der Waals surface area contributed by atoms with E-state index in [4.69, 9.17) is 5.73 Å². The number of rotatable bonds is 2. The molecule has 0 aromatic heterocycles. The molecule has 7 heteroatoms. The molecule has 0 aliphatic carbocycles. The molecular formula is C11H11FIN3O2. The Labute approximate surface area is 117 Å². The number of nitrogens with zero attached hydrogens (tertiary/aromatic N) is 1. The van der Waals surface area contributed by atoms with Gasteiger partial charge in [-0.05, 0) is 28.7 Å². The number of nitrogens with one attached hydrogen (secondary N) is 1. The fourth-order valence-corrected chi connectivity index (χ4v) is 2.23. The first-order valence-electron chi connectivity index (χ1n) is 5.21. The number of carbonyl (C=O) groups excluding carboxylic acids is 2. The van der Waals surface area contributed by atoms with E-state index in [2.05, 4.69) is 5.32 Å². The number of hydrogen-bond acceptors (Lipinski definition) is 4. The van der Waals surface area contributed by atoms with Gasteiger partial charge in [0, 0.05) is 13.1 Å². The minimum Gasteiger partial charge on any atom is -0.397 e. The number of amides is 2. The van der Waals surface area contributed by atoms with Gasteiger partial charge in [-0.25, -0.2) is 4.39 Å². The van der Waals surface area contributed by atoms with E-state index in [-0.39, 0.29) is 18.2 Å². The van der Waals surface area contributed by atoms with Crippen molar-refractivity contribution in [2.45, 2.75) is 12.5 Å². The van der Waals surface area contributed by atoms with Crippen LogP contribution in [0.2, 0.25) is 0 Å². The zero-order chi connectivity index (χ0) is 13.4. The van der Waals surface area contributed by atoms with Gasteiger partial charge < -0.3 is 11.1 Å². The van der Waals surface area contributed by atoms with E-state index < -0.39 is 11.9 Å². The van der Waals surface area contributed by atoms with Crippen LogP contribution in [0.5, 0.6) is 0 Å². The van der Waals surface area contributed by atoms with Crippen LogP contribution in [-0.4, -0.2) is 29.8 Å². The minimum absolute atomic E-state index is 0.0579. The lowest BCUT2D eigenvalue weighted by atomic mass is 10.2. The lowest BCUT2D eigenvalue weighted by Gasteiger charge is -2.14. The Balaban J connectivity index is 2.23. The average molecular weight is 363 g/mol. The van der Waals surface area contributed by atoms with Crippen molar-refractivity contribution >= 4 is 45.8 Å². The van der Waals surface area contributed by atoms with Crippen LogP contribution in [0.1, 0.15) is 6.42 Å². The number of likely N-dealkylation sites (N-methyl/N-ethyl adjacent to an activating group) is 1. The number of nitrogens with two attached hydrogens (primary N) is 1. The fourth-order valence-electron chi connectivity index (χ4n) is 1.74. The SMILES string of the molecule is CN1C(=O)CC(Nc2cc(F)c(I)cc2N)C1=O. The Hall–Kier alpha value is -1.38. The third kappa shape index (κ3) is 2.26. The van der Waals surface area contributed by atoms with Crippen molar-refractivity contribution in [1.29, 1.82) is 0 Å². The Kier molecular flexibility index (Phi) is 3.42. The molecule has 2 rings (SSSR count). The van der Waals surface area contributed by atoms with Crippen LogP contribution in [0.4, 0.5) is 15.8 Å². The molecule has 5 nitrogen and oxygen atoms in total. The maximum atomic E-state index is 13.4. The highest BCUT2D eigenvalue weighted by molar-refractivity contribution is 14.1. The smallest absolute Gasteiger partial charge is 0.251 e. The van der Waals surface area contributed by atoms with Gasteiger partial charge in [0.25, 0.3) is 5.91 Å². The second-order valence-corrected chi connectivity index (χ2v) is 5.21. The monoisotopic (exact) mass is 363 g/mol. The molecule has 1 aliphatic rings. The van der Waals surface area contributed by atoms with Crippen LogP contribution in [0.15, 0.2) is 12.1 Å². The molecule has 1 unspecified atom stereocenters. The largest absolute Gasteiger partial charge is 0.397 e. The zero-order valence-electron chi connectivity index (χ0n) is 9.54. The molecule has 1 saturated heterocycles. The number of nitrogen functional groups attached to an aromatic ring is 1. The van der Waals surface area contributed by atoms with Crippen molar-refractivity contribution in [1.82, 2.24) is 4.90 Å². The topological polar surface area (TPSA) is 75.4 Å². The van der Waals surface area contributed by atoms with Gasteiger partial charge in [-0.1, -0.05) is 0 Å². The van der Waals surface area contributed by atoms with E-state index in [0.717, 1.165) is 4.90 Å². The van der Waals surface area contributed by atoms with Gasteiger partial charge in [-0.2, -0.15) is 0 Å². The number of anilines is 2. The third-order valence-electron chi connectivity index (χ3n) is 2.80. The van der Waals surface area contributed by atoms with Crippen LogP contribution in [-0.2, 0) is 9.59 Å². The first-order chi connectivity index (χ1) is 8.40. The molecule has 3 N–H and O–H groups in total. The number of benzene rings is 1. The molecule has 0 saturated carbocycles. The minimum atomic E-state index is -0.677. The van der Waals surface area contributed by atoms with Crippen molar-refractivity contribution in [3.8, 4) is 0 Å². The van der Waals surface area contributed by atoms with Crippen molar-refractivity contribution in [3.63, 3.8) is 0 Å². The van der Waals surface area contributed by atoms with E-state index in [0.29, 0.717) is 14.9 Å². The molecule has 2 amide bonds. The lowest BCUT2D eigenvalue weighted by molar-refractivity contribution is -0.136. The number of likely N-dealkylation sites (tertiary alicyclic amines) is 1. The Morgan fingerprint density at radius 1 is 1.50 bits per heavy atom. The van der Waals surface area contributed by atoms with E-state index in [9.17, 15) is 14.0 Å². The van der Waals surface area contributed by atoms with Gasteiger partial charge in [0.2, 0.25) is 5.91 Å². The third-order valence-corrected chi connectivity index (χ3v) is 3.63. The van der Waals surface area contributed by atoms with Crippen LogP contribution >= 0.6 is 22.6 Å². The second-order valence-electron chi connectivity index (χ2n) is 4.05. The van der Waals surface area contributed by atoms with Crippen molar-refractivity contribution in [2.24, 2.45) is 0 Å². The average Bonchev–Trinajstić information content (AvgIpc) is 2.54. The lowest BCUT2D eigenvalue weighted by Crippen LogP contribution is -2.32. The first kappa shape index (κ1) is 13.1. The van der Waals surface area contributed by atoms with Gasteiger partial charge in [-0.3, -0.25) is 14.5 Å². The summed E-state index contributed by atoms with van der Waals surface area (Å²) in [5.74, 6) is -1.02. The molecule has 1 fully saturated rings. The van der Waals surface area contributed by atoms with Gasteiger partial charge >= 0.3 is 0 Å². The van der Waals surface area contributed by atoms with E-state index in [1.54, 1.807) is 0 Å². The summed E-state index contributed by atoms with van der Waals surface area (Å²) in [5.41, 5.74) is 6.41. The molecule has 1 heterocycles. The zero-order valence-corrected chi connectivity index (χ0v) is 11.7. The van der Waals surface area contributed by atoms with E-state index in [1.165, 1.54) is 19.2 Å². The number of halogens is 2. The molecule has 0 radical (unpaired) electrons. The van der Waals surface area contributed by atoms with E-state index in [1.807, 2.05) is 22.6 Å².